The molecule has 0 atom stereocenters. The molecule has 0 aliphatic rings. The van der Waals surface area contributed by atoms with Crippen LogP contribution in [0.3, 0.4) is 0 Å². The van der Waals surface area contributed by atoms with Crippen LogP contribution < -0.4 is 14.9 Å². The molecular formula is C22H20N2O4. The van der Waals surface area contributed by atoms with Crippen molar-refractivity contribution in [2.45, 2.75) is 6.61 Å². The number of carbonyl (C=O) groups is 1. The van der Waals surface area contributed by atoms with Gasteiger partial charge in [-0.2, -0.15) is 5.10 Å². The largest absolute Gasteiger partial charge is 0.504 e. The van der Waals surface area contributed by atoms with Crippen molar-refractivity contribution in [3.05, 3.63) is 89.5 Å². The lowest BCUT2D eigenvalue weighted by Gasteiger charge is -2.10. The topological polar surface area (TPSA) is 80.2 Å². The number of para-hydroxylation sites is 2. The zero-order valence-corrected chi connectivity index (χ0v) is 15.3. The van der Waals surface area contributed by atoms with Crippen molar-refractivity contribution in [2.75, 3.05) is 7.11 Å². The number of nitrogens with one attached hydrogen (secondary N) is 1. The van der Waals surface area contributed by atoms with Gasteiger partial charge >= 0.3 is 0 Å². The maximum absolute atomic E-state index is 12.5. The molecule has 0 unspecified atom stereocenters. The van der Waals surface area contributed by atoms with Crippen molar-refractivity contribution in [3.8, 4) is 17.2 Å². The number of methoxy groups -OCH3 is 1. The number of aromatic hydroxyl groups is 1. The second-order valence-corrected chi connectivity index (χ2v) is 5.87. The van der Waals surface area contributed by atoms with E-state index in [9.17, 15) is 9.90 Å². The molecule has 0 spiro atoms. The molecule has 1 amide bonds. The number of rotatable bonds is 7. The fourth-order valence-electron chi connectivity index (χ4n) is 2.54. The van der Waals surface area contributed by atoms with Gasteiger partial charge in [0.2, 0.25) is 0 Å². The molecule has 3 aromatic carbocycles. The Hall–Kier alpha value is -3.80. The summed E-state index contributed by atoms with van der Waals surface area (Å²) in [7, 11) is 1.46. The van der Waals surface area contributed by atoms with Gasteiger partial charge in [0.25, 0.3) is 5.91 Å². The first-order valence-electron chi connectivity index (χ1n) is 8.64. The summed E-state index contributed by atoms with van der Waals surface area (Å²) in [6, 6.07) is 21.6. The van der Waals surface area contributed by atoms with Crippen LogP contribution in [0.4, 0.5) is 0 Å². The summed E-state index contributed by atoms with van der Waals surface area (Å²) in [6.45, 7) is 0.353. The lowest BCUT2D eigenvalue weighted by Crippen LogP contribution is -2.18. The third kappa shape index (κ3) is 4.67. The first-order valence-corrected chi connectivity index (χ1v) is 8.64. The van der Waals surface area contributed by atoms with E-state index in [1.165, 1.54) is 13.3 Å². The van der Waals surface area contributed by atoms with Crippen LogP contribution in [0.1, 0.15) is 21.5 Å². The number of phenolic OH excluding ortho intramolecular Hbond substituents is 1. The Morgan fingerprint density at radius 3 is 2.50 bits per heavy atom. The highest BCUT2D eigenvalue weighted by Crippen LogP contribution is 2.28. The molecule has 0 radical (unpaired) electrons. The predicted molar refractivity (Wildman–Crippen MR) is 107 cm³/mol. The number of phenols is 1. The first-order chi connectivity index (χ1) is 13.7. The monoisotopic (exact) mass is 376 g/mol. The van der Waals surface area contributed by atoms with Gasteiger partial charge < -0.3 is 14.6 Å². The molecule has 0 bridgehead atoms. The van der Waals surface area contributed by atoms with Gasteiger partial charge in [-0.05, 0) is 29.8 Å². The van der Waals surface area contributed by atoms with Crippen LogP contribution in [-0.2, 0) is 6.61 Å². The Morgan fingerprint density at radius 1 is 1.00 bits per heavy atom. The summed E-state index contributed by atoms with van der Waals surface area (Å²) < 4.78 is 10.8. The van der Waals surface area contributed by atoms with Gasteiger partial charge in [-0.3, -0.25) is 4.79 Å². The summed E-state index contributed by atoms with van der Waals surface area (Å²) >= 11 is 0. The minimum Gasteiger partial charge on any atom is -0.504 e. The number of ether oxygens (including phenoxy) is 2. The number of amides is 1. The van der Waals surface area contributed by atoms with Crippen LogP contribution in [0.25, 0.3) is 0 Å². The van der Waals surface area contributed by atoms with Gasteiger partial charge in [-0.1, -0.05) is 48.5 Å². The lowest BCUT2D eigenvalue weighted by atomic mass is 10.2. The maximum Gasteiger partial charge on any atom is 0.275 e. The normalized spacial score (nSPS) is 10.6. The SMILES string of the molecule is COc1cccc(C=NNC(=O)c2ccccc2OCc2ccccc2)c1O. The summed E-state index contributed by atoms with van der Waals surface area (Å²) in [5.74, 6) is 0.329. The molecule has 2 N–H and O–H groups in total. The number of benzene rings is 3. The zero-order chi connectivity index (χ0) is 19.8. The Kier molecular flexibility index (Phi) is 6.25. The number of hydrogen-bond donors (Lipinski definition) is 2. The summed E-state index contributed by atoms with van der Waals surface area (Å²) in [5.41, 5.74) is 4.24. The second kappa shape index (κ2) is 9.23. The molecule has 142 valence electrons. The van der Waals surface area contributed by atoms with Crippen molar-refractivity contribution in [1.82, 2.24) is 5.43 Å². The third-order valence-electron chi connectivity index (χ3n) is 3.99. The average Bonchev–Trinajstić information content (AvgIpc) is 2.74. The van der Waals surface area contributed by atoms with E-state index in [1.807, 2.05) is 30.3 Å². The maximum atomic E-state index is 12.5. The average molecular weight is 376 g/mol. The van der Waals surface area contributed by atoms with Crippen molar-refractivity contribution < 1.29 is 19.4 Å². The number of nitrogens with zero attached hydrogens (tertiary/aromatic N) is 1. The molecular weight excluding hydrogens is 356 g/mol. The standard InChI is InChI=1S/C22H20N2O4/c1-27-20-13-7-10-17(21(20)25)14-23-24-22(26)18-11-5-6-12-19(18)28-15-16-8-3-2-4-9-16/h2-14,25H,15H2,1H3,(H,24,26). The van der Waals surface area contributed by atoms with E-state index in [0.717, 1.165) is 5.56 Å². The molecule has 0 saturated heterocycles. The van der Waals surface area contributed by atoms with Crippen molar-refractivity contribution in [2.24, 2.45) is 5.10 Å². The highest BCUT2D eigenvalue weighted by molar-refractivity contribution is 5.97. The van der Waals surface area contributed by atoms with Crippen LogP contribution in [0.2, 0.25) is 0 Å². The van der Waals surface area contributed by atoms with Gasteiger partial charge in [-0.15, -0.1) is 0 Å². The highest BCUT2D eigenvalue weighted by atomic mass is 16.5. The molecule has 6 heteroatoms. The highest BCUT2D eigenvalue weighted by Gasteiger charge is 2.12. The van der Waals surface area contributed by atoms with Gasteiger partial charge in [0.05, 0.1) is 18.9 Å². The van der Waals surface area contributed by atoms with Crippen LogP contribution in [0.5, 0.6) is 17.2 Å². The molecule has 28 heavy (non-hydrogen) atoms. The van der Waals surface area contributed by atoms with Gasteiger partial charge in [0.1, 0.15) is 12.4 Å². The number of hydrogen-bond acceptors (Lipinski definition) is 5. The van der Waals surface area contributed by atoms with E-state index in [2.05, 4.69) is 10.5 Å². The van der Waals surface area contributed by atoms with Crippen LogP contribution in [0.15, 0.2) is 77.9 Å². The fraction of sp³-hybridized carbons (Fsp3) is 0.0909. The Balaban J connectivity index is 1.68. The Bertz CT molecular complexity index is 971. The van der Waals surface area contributed by atoms with Crippen molar-refractivity contribution in [1.29, 1.82) is 0 Å². The number of carbonyl (C=O) groups excluding carboxylic acids is 1. The van der Waals surface area contributed by atoms with E-state index in [4.69, 9.17) is 9.47 Å². The molecule has 0 aliphatic heterocycles. The summed E-state index contributed by atoms with van der Waals surface area (Å²) in [5, 5.41) is 14.0. The Labute approximate surface area is 163 Å². The van der Waals surface area contributed by atoms with E-state index in [0.29, 0.717) is 29.2 Å². The van der Waals surface area contributed by atoms with E-state index in [1.54, 1.807) is 42.5 Å². The Morgan fingerprint density at radius 2 is 1.71 bits per heavy atom. The second-order valence-electron chi connectivity index (χ2n) is 5.87. The summed E-state index contributed by atoms with van der Waals surface area (Å²) in [4.78, 5) is 12.5. The zero-order valence-electron chi connectivity index (χ0n) is 15.3. The summed E-state index contributed by atoms with van der Waals surface area (Å²) in [6.07, 6.45) is 1.35. The quantitative estimate of drug-likeness (QED) is 0.486. The predicted octanol–water partition coefficient (Wildman–Crippen LogP) is 3.74. The fourth-order valence-corrected chi connectivity index (χ4v) is 2.54. The number of hydrazone groups is 1. The van der Waals surface area contributed by atoms with Crippen LogP contribution in [-0.4, -0.2) is 24.3 Å². The molecule has 0 heterocycles. The smallest absolute Gasteiger partial charge is 0.275 e. The van der Waals surface area contributed by atoms with Gasteiger partial charge in [0.15, 0.2) is 11.5 Å². The lowest BCUT2D eigenvalue weighted by molar-refractivity contribution is 0.0950. The van der Waals surface area contributed by atoms with Crippen LogP contribution in [0, 0.1) is 0 Å². The van der Waals surface area contributed by atoms with E-state index in [-0.39, 0.29) is 5.75 Å². The molecule has 6 nitrogen and oxygen atoms in total. The molecule has 0 aliphatic carbocycles. The third-order valence-corrected chi connectivity index (χ3v) is 3.99. The molecule has 0 saturated carbocycles. The van der Waals surface area contributed by atoms with Gasteiger partial charge in [0, 0.05) is 5.56 Å². The van der Waals surface area contributed by atoms with E-state index < -0.39 is 5.91 Å². The van der Waals surface area contributed by atoms with Gasteiger partial charge in [-0.25, -0.2) is 5.43 Å². The minimum atomic E-state index is -0.415. The minimum absolute atomic E-state index is 0.0467. The van der Waals surface area contributed by atoms with Crippen molar-refractivity contribution in [3.63, 3.8) is 0 Å². The molecule has 3 aromatic rings. The van der Waals surface area contributed by atoms with Crippen molar-refractivity contribution >= 4 is 12.1 Å². The van der Waals surface area contributed by atoms with Crippen LogP contribution >= 0.6 is 0 Å². The molecule has 0 fully saturated rings. The first kappa shape index (κ1) is 19.0. The molecule has 0 aromatic heterocycles. The van der Waals surface area contributed by atoms with E-state index >= 15 is 0 Å². The molecule has 3 rings (SSSR count).